The lowest BCUT2D eigenvalue weighted by molar-refractivity contribution is -0.126. The Morgan fingerprint density at radius 2 is 2.16 bits per heavy atom. The third-order valence-electron chi connectivity index (χ3n) is 3.00. The van der Waals surface area contributed by atoms with E-state index >= 15 is 0 Å². The van der Waals surface area contributed by atoms with Crippen LogP contribution < -0.4 is 5.32 Å². The Bertz CT molecular complexity index is 517. The summed E-state index contributed by atoms with van der Waals surface area (Å²) >= 11 is 0. The van der Waals surface area contributed by atoms with Gasteiger partial charge in [0.25, 0.3) is 5.91 Å². The number of ether oxygens (including phenoxy) is 1. The van der Waals surface area contributed by atoms with Gasteiger partial charge in [-0.25, -0.2) is 9.18 Å². The monoisotopic (exact) mass is 267 g/mol. The highest BCUT2D eigenvalue weighted by Gasteiger charge is 2.28. The summed E-state index contributed by atoms with van der Waals surface area (Å²) in [7, 11) is 0. The first-order chi connectivity index (χ1) is 8.97. The van der Waals surface area contributed by atoms with Gasteiger partial charge >= 0.3 is 5.97 Å². The van der Waals surface area contributed by atoms with Crippen molar-refractivity contribution in [3.05, 3.63) is 29.6 Å². The number of carboxylic acid groups (broad SMARTS) is 1. The Labute approximate surface area is 109 Å². The fourth-order valence-electron chi connectivity index (χ4n) is 1.96. The second-order valence-corrected chi connectivity index (χ2v) is 4.50. The standard InChI is InChI=1S/C13H14FNO4/c1-7-2-5-11(19-7)12(16)15-10-4-3-8(13(17)18)6-9(10)14/h3-4,6-7,11H,2,5H2,1H3,(H,15,16)(H,17,18). The topological polar surface area (TPSA) is 75.6 Å². The number of benzene rings is 1. The van der Waals surface area contributed by atoms with Gasteiger partial charge in [-0.2, -0.15) is 0 Å². The predicted octanol–water partition coefficient (Wildman–Crippen LogP) is 2.03. The van der Waals surface area contributed by atoms with Crippen LogP contribution in [-0.2, 0) is 9.53 Å². The number of nitrogens with one attached hydrogen (secondary N) is 1. The zero-order chi connectivity index (χ0) is 14.0. The lowest BCUT2D eigenvalue weighted by atomic mass is 10.1. The van der Waals surface area contributed by atoms with Gasteiger partial charge < -0.3 is 15.2 Å². The molecular formula is C13H14FNO4. The Balaban J connectivity index is 2.07. The van der Waals surface area contributed by atoms with Crippen LogP contribution >= 0.6 is 0 Å². The summed E-state index contributed by atoms with van der Waals surface area (Å²) < 4.78 is 19.0. The van der Waals surface area contributed by atoms with Crippen LogP contribution in [0.2, 0.25) is 0 Å². The average molecular weight is 267 g/mol. The van der Waals surface area contributed by atoms with Crippen molar-refractivity contribution in [3.8, 4) is 0 Å². The molecule has 1 aliphatic rings. The van der Waals surface area contributed by atoms with Crippen LogP contribution in [0.4, 0.5) is 10.1 Å². The molecule has 1 amide bonds. The zero-order valence-corrected chi connectivity index (χ0v) is 10.4. The van der Waals surface area contributed by atoms with Crippen molar-refractivity contribution in [2.24, 2.45) is 0 Å². The van der Waals surface area contributed by atoms with Crippen LogP contribution in [0.5, 0.6) is 0 Å². The molecule has 0 aromatic heterocycles. The fraction of sp³-hybridized carbons (Fsp3) is 0.385. The second kappa shape index (κ2) is 5.36. The van der Waals surface area contributed by atoms with Crippen molar-refractivity contribution in [2.75, 3.05) is 5.32 Å². The third kappa shape index (κ3) is 3.08. The van der Waals surface area contributed by atoms with Crippen molar-refractivity contribution >= 4 is 17.6 Å². The SMILES string of the molecule is CC1CCC(C(=O)Nc2ccc(C(=O)O)cc2F)O1. The van der Waals surface area contributed by atoms with Gasteiger partial charge in [0.05, 0.1) is 17.4 Å². The molecule has 2 atom stereocenters. The van der Waals surface area contributed by atoms with E-state index in [9.17, 15) is 14.0 Å². The molecule has 1 aromatic carbocycles. The molecule has 1 fully saturated rings. The van der Waals surface area contributed by atoms with E-state index in [1.54, 1.807) is 0 Å². The highest BCUT2D eigenvalue weighted by Crippen LogP contribution is 2.22. The van der Waals surface area contributed by atoms with E-state index in [1.807, 2.05) is 6.92 Å². The molecule has 6 heteroatoms. The van der Waals surface area contributed by atoms with Crippen molar-refractivity contribution < 1.29 is 23.8 Å². The van der Waals surface area contributed by atoms with Crippen molar-refractivity contribution in [2.45, 2.75) is 32.0 Å². The largest absolute Gasteiger partial charge is 0.478 e. The smallest absolute Gasteiger partial charge is 0.335 e. The van der Waals surface area contributed by atoms with E-state index in [0.29, 0.717) is 6.42 Å². The molecule has 5 nitrogen and oxygen atoms in total. The van der Waals surface area contributed by atoms with E-state index in [-0.39, 0.29) is 17.4 Å². The molecule has 102 valence electrons. The maximum atomic E-state index is 13.6. The van der Waals surface area contributed by atoms with Gasteiger partial charge in [0.2, 0.25) is 0 Å². The Morgan fingerprint density at radius 1 is 1.42 bits per heavy atom. The number of anilines is 1. The first kappa shape index (κ1) is 13.5. The summed E-state index contributed by atoms with van der Waals surface area (Å²) in [4.78, 5) is 22.5. The molecule has 0 spiro atoms. The Kier molecular flexibility index (Phi) is 3.80. The molecule has 2 unspecified atom stereocenters. The normalized spacial score (nSPS) is 22.2. The molecule has 2 rings (SSSR count). The average Bonchev–Trinajstić information content (AvgIpc) is 2.78. The van der Waals surface area contributed by atoms with Crippen LogP contribution in [0.1, 0.15) is 30.1 Å². The van der Waals surface area contributed by atoms with Gasteiger partial charge in [0, 0.05) is 0 Å². The molecule has 1 heterocycles. The van der Waals surface area contributed by atoms with E-state index in [4.69, 9.17) is 9.84 Å². The number of halogens is 1. The molecule has 0 aliphatic carbocycles. The van der Waals surface area contributed by atoms with Crippen molar-refractivity contribution in [1.82, 2.24) is 0 Å². The summed E-state index contributed by atoms with van der Waals surface area (Å²) in [6.07, 6.45) is 0.837. The van der Waals surface area contributed by atoms with Crippen LogP contribution in [0.25, 0.3) is 0 Å². The van der Waals surface area contributed by atoms with Crippen LogP contribution in [-0.4, -0.2) is 29.2 Å². The van der Waals surface area contributed by atoms with Gasteiger partial charge in [0.1, 0.15) is 11.9 Å². The van der Waals surface area contributed by atoms with Crippen LogP contribution in [0.15, 0.2) is 18.2 Å². The summed E-state index contributed by atoms with van der Waals surface area (Å²) in [6.45, 7) is 1.87. The molecule has 1 aromatic rings. The molecule has 2 N–H and O–H groups in total. The summed E-state index contributed by atoms with van der Waals surface area (Å²) in [6, 6.07) is 3.34. The van der Waals surface area contributed by atoms with E-state index in [1.165, 1.54) is 12.1 Å². The fourth-order valence-corrected chi connectivity index (χ4v) is 1.96. The van der Waals surface area contributed by atoms with Crippen LogP contribution in [0.3, 0.4) is 0 Å². The molecule has 0 saturated carbocycles. The minimum atomic E-state index is -1.22. The first-order valence-electron chi connectivity index (χ1n) is 5.96. The quantitative estimate of drug-likeness (QED) is 0.878. The summed E-state index contributed by atoms with van der Waals surface area (Å²) in [5.74, 6) is -2.41. The van der Waals surface area contributed by atoms with E-state index in [2.05, 4.69) is 5.32 Å². The lowest BCUT2D eigenvalue weighted by Gasteiger charge is -2.12. The van der Waals surface area contributed by atoms with Gasteiger partial charge in [-0.05, 0) is 38.0 Å². The number of hydrogen-bond acceptors (Lipinski definition) is 3. The molecule has 0 radical (unpaired) electrons. The van der Waals surface area contributed by atoms with Gasteiger partial charge in [0.15, 0.2) is 0 Å². The number of carbonyl (C=O) groups excluding carboxylic acids is 1. The predicted molar refractivity (Wildman–Crippen MR) is 65.6 cm³/mol. The molecule has 1 aliphatic heterocycles. The maximum Gasteiger partial charge on any atom is 0.335 e. The van der Waals surface area contributed by atoms with Gasteiger partial charge in [-0.1, -0.05) is 0 Å². The maximum absolute atomic E-state index is 13.6. The number of hydrogen-bond donors (Lipinski definition) is 2. The Morgan fingerprint density at radius 3 is 2.68 bits per heavy atom. The molecular weight excluding hydrogens is 253 g/mol. The number of carbonyl (C=O) groups is 2. The zero-order valence-electron chi connectivity index (χ0n) is 10.4. The van der Waals surface area contributed by atoms with E-state index in [0.717, 1.165) is 12.5 Å². The highest BCUT2D eigenvalue weighted by molar-refractivity contribution is 5.95. The summed E-state index contributed by atoms with van der Waals surface area (Å²) in [5, 5.41) is 11.1. The van der Waals surface area contributed by atoms with Crippen molar-refractivity contribution in [1.29, 1.82) is 0 Å². The number of aromatic carboxylic acids is 1. The third-order valence-corrected chi connectivity index (χ3v) is 3.00. The van der Waals surface area contributed by atoms with E-state index < -0.39 is 23.8 Å². The lowest BCUT2D eigenvalue weighted by Crippen LogP contribution is -2.28. The molecule has 19 heavy (non-hydrogen) atoms. The molecule has 0 bridgehead atoms. The minimum absolute atomic E-state index is 0.0231. The molecule has 1 saturated heterocycles. The van der Waals surface area contributed by atoms with Gasteiger partial charge in [-0.3, -0.25) is 4.79 Å². The second-order valence-electron chi connectivity index (χ2n) is 4.50. The van der Waals surface area contributed by atoms with Crippen molar-refractivity contribution in [3.63, 3.8) is 0 Å². The number of amides is 1. The highest BCUT2D eigenvalue weighted by atomic mass is 19.1. The van der Waals surface area contributed by atoms with Gasteiger partial charge in [-0.15, -0.1) is 0 Å². The summed E-state index contributed by atoms with van der Waals surface area (Å²) in [5.41, 5.74) is -0.209. The Hall–Kier alpha value is -1.95. The number of rotatable bonds is 3. The minimum Gasteiger partial charge on any atom is -0.478 e. The first-order valence-corrected chi connectivity index (χ1v) is 5.96. The van der Waals surface area contributed by atoms with Crippen LogP contribution in [0, 0.1) is 5.82 Å². The number of carboxylic acids is 1.